The van der Waals surface area contributed by atoms with Gasteiger partial charge in [0.25, 0.3) is 5.91 Å². The SMILES string of the molecule is CC1CC(C(=O)O)CN(C(=O)c2cc(-c3ccco3)nn2-c2ccccc2)C1. The van der Waals surface area contributed by atoms with Crippen molar-refractivity contribution in [3.63, 3.8) is 0 Å². The molecule has 1 saturated heterocycles. The highest BCUT2D eigenvalue weighted by Gasteiger charge is 2.34. The zero-order chi connectivity index (χ0) is 19.7. The second-order valence-corrected chi connectivity index (χ2v) is 7.23. The summed E-state index contributed by atoms with van der Waals surface area (Å²) < 4.78 is 7.03. The molecule has 7 heteroatoms. The summed E-state index contributed by atoms with van der Waals surface area (Å²) in [6, 6.07) is 14.6. The van der Waals surface area contributed by atoms with Gasteiger partial charge < -0.3 is 14.4 Å². The van der Waals surface area contributed by atoms with E-state index in [0.29, 0.717) is 30.1 Å². The van der Waals surface area contributed by atoms with Crippen LogP contribution < -0.4 is 0 Å². The van der Waals surface area contributed by atoms with E-state index in [4.69, 9.17) is 4.42 Å². The Balaban J connectivity index is 1.73. The maximum Gasteiger partial charge on any atom is 0.308 e. The Labute approximate surface area is 162 Å². The van der Waals surface area contributed by atoms with E-state index < -0.39 is 11.9 Å². The minimum atomic E-state index is -0.864. The number of carbonyl (C=O) groups is 2. The lowest BCUT2D eigenvalue weighted by atomic mass is 9.90. The molecule has 0 bridgehead atoms. The van der Waals surface area contributed by atoms with Gasteiger partial charge in [0.15, 0.2) is 5.76 Å². The third-order valence-corrected chi connectivity index (χ3v) is 5.00. The number of carboxylic acid groups (broad SMARTS) is 1. The maximum absolute atomic E-state index is 13.3. The molecule has 1 amide bonds. The molecule has 7 nitrogen and oxygen atoms in total. The molecule has 2 atom stereocenters. The number of nitrogens with zero attached hydrogens (tertiary/aromatic N) is 3. The zero-order valence-corrected chi connectivity index (χ0v) is 15.5. The molecular weight excluding hydrogens is 358 g/mol. The van der Waals surface area contributed by atoms with Crippen molar-refractivity contribution in [1.29, 1.82) is 0 Å². The Hall–Kier alpha value is -3.35. The monoisotopic (exact) mass is 379 g/mol. The lowest BCUT2D eigenvalue weighted by molar-refractivity contribution is -0.143. The van der Waals surface area contributed by atoms with Crippen LogP contribution in [0.5, 0.6) is 0 Å². The Morgan fingerprint density at radius 1 is 1.14 bits per heavy atom. The lowest BCUT2D eigenvalue weighted by Gasteiger charge is -2.34. The van der Waals surface area contributed by atoms with Crippen molar-refractivity contribution in [3.8, 4) is 17.1 Å². The number of piperidine rings is 1. The van der Waals surface area contributed by atoms with Gasteiger partial charge in [-0.25, -0.2) is 4.68 Å². The van der Waals surface area contributed by atoms with E-state index in [1.54, 1.807) is 34.0 Å². The number of carbonyl (C=O) groups excluding carboxylic acids is 1. The summed E-state index contributed by atoms with van der Waals surface area (Å²) in [5, 5.41) is 14.0. The second-order valence-electron chi connectivity index (χ2n) is 7.23. The van der Waals surface area contributed by atoms with E-state index >= 15 is 0 Å². The fourth-order valence-corrected chi connectivity index (χ4v) is 3.70. The highest BCUT2D eigenvalue weighted by Crippen LogP contribution is 2.27. The summed E-state index contributed by atoms with van der Waals surface area (Å²) in [6.07, 6.45) is 2.14. The molecule has 1 aliphatic rings. The summed E-state index contributed by atoms with van der Waals surface area (Å²) in [4.78, 5) is 26.4. The Morgan fingerprint density at radius 2 is 1.93 bits per heavy atom. The van der Waals surface area contributed by atoms with Gasteiger partial charge in [0.05, 0.1) is 17.9 Å². The topological polar surface area (TPSA) is 88.6 Å². The van der Waals surface area contributed by atoms with Gasteiger partial charge in [0, 0.05) is 19.2 Å². The first kappa shape index (κ1) is 18.0. The minimum absolute atomic E-state index is 0.122. The summed E-state index contributed by atoms with van der Waals surface area (Å²) in [5.74, 6) is -0.954. The van der Waals surface area contributed by atoms with Gasteiger partial charge in [-0.15, -0.1) is 0 Å². The fraction of sp³-hybridized carbons (Fsp3) is 0.286. The number of carboxylic acids is 1. The Bertz CT molecular complexity index is 979. The van der Waals surface area contributed by atoms with E-state index in [1.807, 2.05) is 37.3 Å². The summed E-state index contributed by atoms with van der Waals surface area (Å²) in [6.45, 7) is 2.70. The molecule has 3 aromatic rings. The molecule has 0 aliphatic carbocycles. The highest BCUT2D eigenvalue weighted by atomic mass is 16.4. The van der Waals surface area contributed by atoms with E-state index in [9.17, 15) is 14.7 Å². The number of aromatic nitrogens is 2. The normalized spacial score (nSPS) is 19.5. The number of aliphatic carboxylic acids is 1. The maximum atomic E-state index is 13.3. The van der Waals surface area contributed by atoms with Crippen LogP contribution in [0.25, 0.3) is 17.1 Å². The third-order valence-electron chi connectivity index (χ3n) is 5.00. The molecular formula is C21H21N3O4. The number of hydrogen-bond acceptors (Lipinski definition) is 4. The van der Waals surface area contributed by atoms with E-state index in [1.165, 1.54) is 0 Å². The first-order chi connectivity index (χ1) is 13.5. The zero-order valence-electron chi connectivity index (χ0n) is 15.5. The molecule has 1 fully saturated rings. The quantitative estimate of drug-likeness (QED) is 0.751. The average Bonchev–Trinajstić information content (AvgIpc) is 3.37. The first-order valence-electron chi connectivity index (χ1n) is 9.24. The van der Waals surface area contributed by atoms with Crippen molar-refractivity contribution in [1.82, 2.24) is 14.7 Å². The van der Waals surface area contributed by atoms with Gasteiger partial charge in [0.2, 0.25) is 0 Å². The number of hydrogen-bond donors (Lipinski definition) is 1. The highest BCUT2D eigenvalue weighted by molar-refractivity contribution is 5.94. The number of likely N-dealkylation sites (tertiary alicyclic amines) is 1. The van der Waals surface area contributed by atoms with Crippen molar-refractivity contribution < 1.29 is 19.1 Å². The molecule has 1 N–H and O–H groups in total. The Morgan fingerprint density at radius 3 is 2.61 bits per heavy atom. The molecule has 2 unspecified atom stereocenters. The number of furan rings is 1. The van der Waals surface area contributed by atoms with Gasteiger partial charge in [-0.3, -0.25) is 9.59 Å². The van der Waals surface area contributed by atoms with Gasteiger partial charge in [-0.1, -0.05) is 25.1 Å². The van der Waals surface area contributed by atoms with Crippen LogP contribution in [0.1, 0.15) is 23.8 Å². The van der Waals surface area contributed by atoms with Crippen LogP contribution in [0.4, 0.5) is 0 Å². The molecule has 0 radical (unpaired) electrons. The smallest absolute Gasteiger partial charge is 0.308 e. The Kier molecular flexibility index (Phi) is 4.73. The lowest BCUT2D eigenvalue weighted by Crippen LogP contribution is -2.46. The first-order valence-corrected chi connectivity index (χ1v) is 9.24. The van der Waals surface area contributed by atoms with Gasteiger partial charge in [-0.05, 0) is 36.6 Å². The van der Waals surface area contributed by atoms with Crippen molar-refractivity contribution in [3.05, 3.63) is 60.5 Å². The van der Waals surface area contributed by atoms with Crippen molar-refractivity contribution in [2.45, 2.75) is 13.3 Å². The number of rotatable bonds is 4. The van der Waals surface area contributed by atoms with Crippen LogP contribution in [0.3, 0.4) is 0 Å². The van der Waals surface area contributed by atoms with E-state index in [0.717, 1.165) is 5.69 Å². The van der Waals surface area contributed by atoms with Crippen molar-refractivity contribution in [2.75, 3.05) is 13.1 Å². The van der Waals surface area contributed by atoms with Gasteiger partial charge >= 0.3 is 5.97 Å². The van der Waals surface area contributed by atoms with Crippen LogP contribution >= 0.6 is 0 Å². The van der Waals surface area contributed by atoms with Crippen LogP contribution in [0, 0.1) is 11.8 Å². The van der Waals surface area contributed by atoms with Crippen molar-refractivity contribution in [2.24, 2.45) is 11.8 Å². The molecule has 3 heterocycles. The fourth-order valence-electron chi connectivity index (χ4n) is 3.70. The summed E-state index contributed by atoms with van der Waals surface area (Å²) in [7, 11) is 0. The largest absolute Gasteiger partial charge is 0.481 e. The predicted octanol–water partition coefficient (Wildman–Crippen LogP) is 3.32. The summed E-state index contributed by atoms with van der Waals surface area (Å²) in [5.41, 5.74) is 1.69. The molecule has 1 aromatic carbocycles. The molecule has 1 aliphatic heterocycles. The van der Waals surface area contributed by atoms with Gasteiger partial charge in [-0.2, -0.15) is 5.10 Å². The number of para-hydroxylation sites is 1. The number of benzene rings is 1. The van der Waals surface area contributed by atoms with Crippen LogP contribution in [0.15, 0.2) is 59.2 Å². The standard InChI is InChI=1S/C21H21N3O4/c1-14-10-15(21(26)27)13-23(12-14)20(25)18-11-17(19-8-5-9-28-19)22-24(18)16-6-3-2-4-7-16/h2-9,11,14-15H,10,12-13H2,1H3,(H,26,27). The van der Waals surface area contributed by atoms with E-state index in [2.05, 4.69) is 5.10 Å². The van der Waals surface area contributed by atoms with E-state index in [-0.39, 0.29) is 18.4 Å². The number of amides is 1. The minimum Gasteiger partial charge on any atom is -0.481 e. The third kappa shape index (κ3) is 3.43. The molecule has 2 aromatic heterocycles. The van der Waals surface area contributed by atoms with Gasteiger partial charge in [0.1, 0.15) is 11.4 Å². The van der Waals surface area contributed by atoms with Crippen LogP contribution in [0.2, 0.25) is 0 Å². The van der Waals surface area contributed by atoms with Crippen LogP contribution in [-0.2, 0) is 4.79 Å². The summed E-state index contributed by atoms with van der Waals surface area (Å²) >= 11 is 0. The predicted molar refractivity (Wildman–Crippen MR) is 102 cm³/mol. The van der Waals surface area contributed by atoms with Crippen LogP contribution in [-0.4, -0.2) is 44.8 Å². The molecule has 0 saturated carbocycles. The molecule has 28 heavy (non-hydrogen) atoms. The van der Waals surface area contributed by atoms with Crippen molar-refractivity contribution >= 4 is 11.9 Å². The second kappa shape index (κ2) is 7.34. The molecule has 4 rings (SSSR count). The average molecular weight is 379 g/mol. The molecule has 144 valence electrons. The molecule has 0 spiro atoms.